The Hall–Kier alpha value is -2.93. The van der Waals surface area contributed by atoms with Crippen molar-refractivity contribution < 1.29 is 4.79 Å². The molecule has 0 unspecified atom stereocenters. The highest BCUT2D eigenvalue weighted by atomic mass is 16.1. The van der Waals surface area contributed by atoms with Gasteiger partial charge in [-0.2, -0.15) is 0 Å². The third kappa shape index (κ3) is 3.83. The second kappa shape index (κ2) is 6.89. The first-order valence-electron chi connectivity index (χ1n) is 7.67. The number of hydrogen-bond acceptors (Lipinski definition) is 1. The first-order valence-corrected chi connectivity index (χ1v) is 7.67. The lowest BCUT2D eigenvalue weighted by molar-refractivity contribution is 0.104. The third-order valence-corrected chi connectivity index (χ3v) is 3.78. The van der Waals surface area contributed by atoms with Crippen LogP contribution in [-0.4, -0.2) is 5.78 Å². The Morgan fingerprint density at radius 1 is 0.739 bits per heavy atom. The molecule has 112 valence electrons. The Bertz CT molecular complexity index is 810. The van der Waals surface area contributed by atoms with Gasteiger partial charge in [0.15, 0.2) is 5.78 Å². The Morgan fingerprint density at radius 2 is 1.35 bits per heavy atom. The number of rotatable bonds is 4. The lowest BCUT2D eigenvalue weighted by Gasteiger charge is -2.02. The van der Waals surface area contributed by atoms with Crippen LogP contribution in [0.3, 0.4) is 0 Å². The number of carbonyl (C=O) groups excluding carboxylic acids is 1. The molecule has 0 atom stereocenters. The molecular weight excluding hydrogens is 280 g/mol. The summed E-state index contributed by atoms with van der Waals surface area (Å²) in [6, 6.07) is 26.0. The topological polar surface area (TPSA) is 17.1 Å². The molecule has 3 aromatic carbocycles. The average molecular weight is 298 g/mol. The molecular formula is C22H18O. The van der Waals surface area contributed by atoms with Gasteiger partial charge in [0.25, 0.3) is 0 Å². The molecule has 0 N–H and O–H groups in total. The summed E-state index contributed by atoms with van der Waals surface area (Å²) in [5.74, 6) is 0.0187. The molecule has 23 heavy (non-hydrogen) atoms. The number of hydrogen-bond donors (Lipinski definition) is 0. The predicted octanol–water partition coefficient (Wildman–Crippen LogP) is 5.56. The molecule has 0 aliphatic heterocycles. The molecule has 0 radical (unpaired) electrons. The molecule has 0 amide bonds. The van der Waals surface area contributed by atoms with E-state index in [2.05, 4.69) is 12.1 Å². The summed E-state index contributed by atoms with van der Waals surface area (Å²) in [6.45, 7) is 2.05. The largest absolute Gasteiger partial charge is 0.289 e. The average Bonchev–Trinajstić information content (AvgIpc) is 2.62. The van der Waals surface area contributed by atoms with Gasteiger partial charge >= 0.3 is 0 Å². The zero-order valence-corrected chi connectivity index (χ0v) is 13.1. The summed E-state index contributed by atoms with van der Waals surface area (Å²) in [7, 11) is 0. The van der Waals surface area contributed by atoms with Crippen molar-refractivity contribution >= 4 is 11.9 Å². The third-order valence-electron chi connectivity index (χ3n) is 3.78. The van der Waals surface area contributed by atoms with E-state index in [0.717, 1.165) is 16.7 Å². The van der Waals surface area contributed by atoms with E-state index in [9.17, 15) is 4.79 Å². The minimum absolute atomic E-state index is 0.0187. The smallest absolute Gasteiger partial charge is 0.185 e. The SMILES string of the molecule is Cc1ccc(C=CC(=O)c2ccc(-c3ccccc3)cc2)cc1. The maximum Gasteiger partial charge on any atom is 0.185 e. The molecule has 0 heterocycles. The Kier molecular flexibility index (Phi) is 4.49. The fourth-order valence-corrected chi connectivity index (χ4v) is 2.40. The summed E-state index contributed by atoms with van der Waals surface area (Å²) in [5, 5.41) is 0. The molecule has 1 heteroatoms. The van der Waals surface area contributed by atoms with Crippen LogP contribution in [0.5, 0.6) is 0 Å². The summed E-state index contributed by atoms with van der Waals surface area (Å²) in [6.07, 6.45) is 3.48. The number of allylic oxidation sites excluding steroid dienone is 1. The van der Waals surface area contributed by atoms with Crippen molar-refractivity contribution in [3.8, 4) is 11.1 Å². The second-order valence-corrected chi connectivity index (χ2v) is 5.55. The van der Waals surface area contributed by atoms with Crippen LogP contribution in [0.25, 0.3) is 17.2 Å². The minimum atomic E-state index is 0.0187. The fourth-order valence-electron chi connectivity index (χ4n) is 2.40. The molecule has 3 aromatic rings. The summed E-state index contributed by atoms with van der Waals surface area (Å²) in [5.41, 5.74) is 5.22. The van der Waals surface area contributed by atoms with E-state index in [1.165, 1.54) is 5.56 Å². The molecule has 0 bridgehead atoms. The summed E-state index contributed by atoms with van der Waals surface area (Å²) in [4.78, 5) is 12.2. The normalized spacial score (nSPS) is 10.8. The Balaban J connectivity index is 1.74. The standard InChI is InChI=1S/C22H18O/c1-17-7-9-18(10-8-17)11-16-22(23)21-14-12-20(13-15-21)19-5-3-2-4-6-19/h2-16H,1H3. The Morgan fingerprint density at radius 3 is 2.00 bits per heavy atom. The van der Waals surface area contributed by atoms with Crippen molar-refractivity contribution in [1.29, 1.82) is 0 Å². The van der Waals surface area contributed by atoms with Crippen molar-refractivity contribution in [2.24, 2.45) is 0 Å². The van der Waals surface area contributed by atoms with Crippen LogP contribution in [0.4, 0.5) is 0 Å². The van der Waals surface area contributed by atoms with Crippen molar-refractivity contribution in [3.63, 3.8) is 0 Å². The van der Waals surface area contributed by atoms with E-state index in [-0.39, 0.29) is 5.78 Å². The molecule has 0 spiro atoms. The van der Waals surface area contributed by atoms with Crippen molar-refractivity contribution in [1.82, 2.24) is 0 Å². The zero-order valence-electron chi connectivity index (χ0n) is 13.1. The van der Waals surface area contributed by atoms with Gasteiger partial charge in [-0.25, -0.2) is 0 Å². The lowest BCUT2D eigenvalue weighted by atomic mass is 10.0. The van der Waals surface area contributed by atoms with Crippen LogP contribution in [0.1, 0.15) is 21.5 Å². The highest BCUT2D eigenvalue weighted by molar-refractivity contribution is 6.07. The van der Waals surface area contributed by atoms with Crippen LogP contribution < -0.4 is 0 Å². The predicted molar refractivity (Wildman–Crippen MR) is 96.4 cm³/mol. The van der Waals surface area contributed by atoms with E-state index in [0.29, 0.717) is 5.56 Å². The van der Waals surface area contributed by atoms with Crippen LogP contribution in [0.2, 0.25) is 0 Å². The molecule has 0 aromatic heterocycles. The van der Waals surface area contributed by atoms with Gasteiger partial charge in [0, 0.05) is 5.56 Å². The molecule has 0 aliphatic carbocycles. The highest BCUT2D eigenvalue weighted by Gasteiger charge is 2.02. The molecule has 0 saturated heterocycles. The van der Waals surface area contributed by atoms with Gasteiger partial charge in [-0.05, 0) is 29.7 Å². The number of carbonyl (C=O) groups is 1. The van der Waals surface area contributed by atoms with E-state index in [1.807, 2.05) is 79.7 Å². The van der Waals surface area contributed by atoms with E-state index < -0.39 is 0 Å². The number of aryl methyl sites for hydroxylation is 1. The lowest BCUT2D eigenvalue weighted by Crippen LogP contribution is -1.93. The van der Waals surface area contributed by atoms with E-state index in [4.69, 9.17) is 0 Å². The van der Waals surface area contributed by atoms with Gasteiger partial charge in [-0.1, -0.05) is 90.5 Å². The van der Waals surface area contributed by atoms with Crippen molar-refractivity contribution in [2.75, 3.05) is 0 Å². The summed E-state index contributed by atoms with van der Waals surface area (Å²) >= 11 is 0. The van der Waals surface area contributed by atoms with Gasteiger partial charge in [0.05, 0.1) is 0 Å². The van der Waals surface area contributed by atoms with Crippen LogP contribution >= 0.6 is 0 Å². The molecule has 1 nitrogen and oxygen atoms in total. The van der Waals surface area contributed by atoms with Gasteiger partial charge in [-0.3, -0.25) is 4.79 Å². The van der Waals surface area contributed by atoms with E-state index >= 15 is 0 Å². The Labute approximate surface area is 136 Å². The van der Waals surface area contributed by atoms with E-state index in [1.54, 1.807) is 6.08 Å². The number of ketones is 1. The quantitative estimate of drug-likeness (QED) is 0.455. The van der Waals surface area contributed by atoms with Gasteiger partial charge in [-0.15, -0.1) is 0 Å². The monoisotopic (exact) mass is 298 g/mol. The second-order valence-electron chi connectivity index (χ2n) is 5.55. The maximum absolute atomic E-state index is 12.2. The molecule has 0 aliphatic rings. The zero-order chi connectivity index (χ0) is 16.1. The van der Waals surface area contributed by atoms with Crippen LogP contribution in [0, 0.1) is 6.92 Å². The maximum atomic E-state index is 12.2. The molecule has 3 rings (SSSR count). The first-order chi connectivity index (χ1) is 11.2. The van der Waals surface area contributed by atoms with Crippen LogP contribution in [-0.2, 0) is 0 Å². The highest BCUT2D eigenvalue weighted by Crippen LogP contribution is 2.19. The molecule has 0 fully saturated rings. The van der Waals surface area contributed by atoms with Crippen molar-refractivity contribution in [3.05, 3.63) is 102 Å². The summed E-state index contributed by atoms with van der Waals surface area (Å²) < 4.78 is 0. The number of benzene rings is 3. The van der Waals surface area contributed by atoms with Crippen molar-refractivity contribution in [2.45, 2.75) is 6.92 Å². The molecule has 0 saturated carbocycles. The van der Waals surface area contributed by atoms with Gasteiger partial charge in [0.2, 0.25) is 0 Å². The van der Waals surface area contributed by atoms with Crippen LogP contribution in [0.15, 0.2) is 84.9 Å². The minimum Gasteiger partial charge on any atom is -0.289 e. The fraction of sp³-hybridized carbons (Fsp3) is 0.0455. The van der Waals surface area contributed by atoms with Gasteiger partial charge < -0.3 is 0 Å². The van der Waals surface area contributed by atoms with Gasteiger partial charge in [0.1, 0.15) is 0 Å². The first kappa shape index (κ1) is 15.0.